The van der Waals surface area contributed by atoms with Gasteiger partial charge in [-0.1, -0.05) is 0 Å². The molecule has 2 unspecified atom stereocenters. The van der Waals surface area contributed by atoms with Crippen LogP contribution >= 0.6 is 0 Å². The van der Waals surface area contributed by atoms with Gasteiger partial charge < -0.3 is 14.4 Å². The Morgan fingerprint density at radius 2 is 1.72 bits per heavy atom. The molecule has 0 aromatic heterocycles. The van der Waals surface area contributed by atoms with Crippen molar-refractivity contribution < 1.29 is 23.9 Å². The summed E-state index contributed by atoms with van der Waals surface area (Å²) in [5.74, 6) is -2.02. The number of hydrogen-bond donors (Lipinski definition) is 0. The number of likely N-dealkylation sites (tertiary alicyclic amines) is 1. The van der Waals surface area contributed by atoms with Crippen LogP contribution < -0.4 is 0 Å². The summed E-state index contributed by atoms with van der Waals surface area (Å²) in [5.41, 5.74) is 0. The number of hydrogen-bond acceptors (Lipinski definition) is 5. The fraction of sp³-hybridized carbons (Fsp3) is 0.750. The smallest absolute Gasteiger partial charge is 0.329 e. The molecule has 102 valence electrons. The van der Waals surface area contributed by atoms with E-state index >= 15 is 0 Å². The lowest BCUT2D eigenvalue weighted by Gasteiger charge is -2.24. The van der Waals surface area contributed by atoms with Crippen molar-refractivity contribution >= 4 is 17.8 Å². The molecule has 0 N–H and O–H groups in total. The van der Waals surface area contributed by atoms with Gasteiger partial charge >= 0.3 is 11.9 Å². The Morgan fingerprint density at radius 3 is 2.22 bits per heavy atom. The molecule has 0 aromatic carbocycles. The van der Waals surface area contributed by atoms with Crippen LogP contribution in [0.25, 0.3) is 0 Å². The Morgan fingerprint density at radius 1 is 1.17 bits per heavy atom. The van der Waals surface area contributed by atoms with Crippen molar-refractivity contribution in [2.75, 3.05) is 19.8 Å². The maximum absolute atomic E-state index is 11.9. The van der Waals surface area contributed by atoms with Crippen LogP contribution in [0.4, 0.5) is 0 Å². The van der Waals surface area contributed by atoms with Crippen LogP contribution in [0.15, 0.2) is 0 Å². The number of ether oxygens (including phenoxy) is 2. The SMILES string of the molecule is CCOC(=O)C1CC(=O)N(CC)C1C(=O)OCC. The average molecular weight is 257 g/mol. The first kappa shape index (κ1) is 14.5. The van der Waals surface area contributed by atoms with Crippen LogP contribution in [0.5, 0.6) is 0 Å². The molecule has 18 heavy (non-hydrogen) atoms. The molecule has 1 amide bonds. The van der Waals surface area contributed by atoms with E-state index < -0.39 is 23.9 Å². The minimum atomic E-state index is -0.846. The molecule has 1 aliphatic heterocycles. The van der Waals surface area contributed by atoms with Crippen LogP contribution in [0.2, 0.25) is 0 Å². The highest BCUT2D eigenvalue weighted by Crippen LogP contribution is 2.27. The lowest BCUT2D eigenvalue weighted by Crippen LogP contribution is -2.44. The van der Waals surface area contributed by atoms with E-state index in [0.29, 0.717) is 6.54 Å². The molecule has 0 spiro atoms. The molecule has 1 fully saturated rings. The first-order chi connectivity index (χ1) is 8.56. The minimum Gasteiger partial charge on any atom is -0.466 e. The molecular formula is C12H19NO5. The molecule has 2 atom stereocenters. The lowest BCUT2D eigenvalue weighted by molar-refractivity contribution is -0.159. The van der Waals surface area contributed by atoms with E-state index in [4.69, 9.17) is 9.47 Å². The zero-order valence-corrected chi connectivity index (χ0v) is 11.0. The van der Waals surface area contributed by atoms with E-state index in [2.05, 4.69) is 0 Å². The Labute approximate surface area is 106 Å². The number of rotatable bonds is 5. The molecule has 0 bridgehead atoms. The first-order valence-electron chi connectivity index (χ1n) is 6.19. The predicted molar refractivity (Wildman–Crippen MR) is 62.5 cm³/mol. The second-order valence-corrected chi connectivity index (χ2v) is 3.94. The second-order valence-electron chi connectivity index (χ2n) is 3.94. The van der Waals surface area contributed by atoms with Gasteiger partial charge in [-0.05, 0) is 20.8 Å². The Balaban J connectivity index is 2.91. The van der Waals surface area contributed by atoms with Crippen molar-refractivity contribution in [1.29, 1.82) is 0 Å². The fourth-order valence-electron chi connectivity index (χ4n) is 2.14. The molecule has 6 nitrogen and oxygen atoms in total. The summed E-state index contributed by atoms with van der Waals surface area (Å²) >= 11 is 0. The number of nitrogens with zero attached hydrogens (tertiary/aromatic N) is 1. The van der Waals surface area contributed by atoms with Gasteiger partial charge in [0.1, 0.15) is 6.04 Å². The van der Waals surface area contributed by atoms with Crippen LogP contribution in [0.3, 0.4) is 0 Å². The third kappa shape index (κ3) is 2.80. The van der Waals surface area contributed by atoms with Crippen molar-refractivity contribution in [2.24, 2.45) is 5.92 Å². The Bertz CT molecular complexity index is 341. The zero-order valence-electron chi connectivity index (χ0n) is 11.0. The standard InChI is InChI=1S/C12H19NO5/c1-4-13-9(14)7-8(11(15)17-5-2)10(13)12(16)18-6-3/h8,10H,4-7H2,1-3H3. The van der Waals surface area contributed by atoms with Gasteiger partial charge in [0.2, 0.25) is 5.91 Å². The minimum absolute atomic E-state index is 0.0101. The molecule has 1 aliphatic rings. The molecule has 1 rings (SSSR count). The monoisotopic (exact) mass is 257 g/mol. The van der Waals surface area contributed by atoms with Gasteiger partial charge in [-0.25, -0.2) is 4.79 Å². The molecule has 1 saturated heterocycles. The summed E-state index contributed by atoms with van der Waals surface area (Å²) in [6.07, 6.45) is 0.0101. The summed E-state index contributed by atoms with van der Waals surface area (Å²) in [6.45, 7) is 5.95. The summed E-state index contributed by atoms with van der Waals surface area (Å²) in [5, 5.41) is 0. The molecule has 1 heterocycles. The molecule has 0 aromatic rings. The highest BCUT2D eigenvalue weighted by Gasteiger charge is 2.48. The highest BCUT2D eigenvalue weighted by atomic mass is 16.5. The number of carbonyl (C=O) groups excluding carboxylic acids is 3. The van der Waals surface area contributed by atoms with E-state index in [9.17, 15) is 14.4 Å². The summed E-state index contributed by atoms with van der Waals surface area (Å²) in [4.78, 5) is 36.7. The molecule has 0 saturated carbocycles. The van der Waals surface area contributed by atoms with Crippen molar-refractivity contribution in [3.63, 3.8) is 0 Å². The maximum Gasteiger partial charge on any atom is 0.329 e. The summed E-state index contributed by atoms with van der Waals surface area (Å²) in [6, 6.07) is -0.846. The topological polar surface area (TPSA) is 72.9 Å². The van der Waals surface area contributed by atoms with Crippen LogP contribution in [-0.2, 0) is 23.9 Å². The Kier molecular flexibility index (Phi) is 5.12. The predicted octanol–water partition coefficient (Wildman–Crippen LogP) is 0.350. The van der Waals surface area contributed by atoms with Gasteiger partial charge in [-0.2, -0.15) is 0 Å². The number of carbonyl (C=O) groups is 3. The van der Waals surface area contributed by atoms with E-state index in [1.165, 1.54) is 4.90 Å². The van der Waals surface area contributed by atoms with E-state index in [-0.39, 0.29) is 25.5 Å². The summed E-state index contributed by atoms with van der Waals surface area (Å²) in [7, 11) is 0. The average Bonchev–Trinajstić information content (AvgIpc) is 2.66. The lowest BCUT2D eigenvalue weighted by atomic mass is 10.0. The Hall–Kier alpha value is -1.59. The normalized spacial score (nSPS) is 23.1. The summed E-state index contributed by atoms with van der Waals surface area (Å²) < 4.78 is 9.82. The van der Waals surface area contributed by atoms with Crippen molar-refractivity contribution in [2.45, 2.75) is 33.2 Å². The van der Waals surface area contributed by atoms with E-state index in [1.54, 1.807) is 20.8 Å². The maximum atomic E-state index is 11.9. The molecule has 6 heteroatoms. The zero-order chi connectivity index (χ0) is 13.7. The number of amides is 1. The molecular weight excluding hydrogens is 238 g/mol. The van der Waals surface area contributed by atoms with Crippen LogP contribution in [0.1, 0.15) is 27.2 Å². The fourth-order valence-corrected chi connectivity index (χ4v) is 2.14. The van der Waals surface area contributed by atoms with E-state index in [1.807, 2.05) is 0 Å². The quantitative estimate of drug-likeness (QED) is 0.664. The third-order valence-electron chi connectivity index (χ3n) is 2.89. The number of esters is 2. The van der Waals surface area contributed by atoms with Gasteiger partial charge in [0.25, 0.3) is 0 Å². The van der Waals surface area contributed by atoms with E-state index in [0.717, 1.165) is 0 Å². The first-order valence-corrected chi connectivity index (χ1v) is 6.19. The van der Waals surface area contributed by atoms with Gasteiger partial charge in [0, 0.05) is 13.0 Å². The van der Waals surface area contributed by atoms with Gasteiger partial charge in [-0.3, -0.25) is 9.59 Å². The number of likely N-dealkylation sites (N-methyl/N-ethyl adjacent to an activating group) is 1. The third-order valence-corrected chi connectivity index (χ3v) is 2.89. The van der Waals surface area contributed by atoms with Crippen molar-refractivity contribution in [3.05, 3.63) is 0 Å². The highest BCUT2D eigenvalue weighted by molar-refractivity contribution is 5.95. The largest absolute Gasteiger partial charge is 0.466 e. The van der Waals surface area contributed by atoms with Gasteiger partial charge in [0.05, 0.1) is 19.1 Å². The van der Waals surface area contributed by atoms with Crippen LogP contribution in [0, 0.1) is 5.92 Å². The van der Waals surface area contributed by atoms with Crippen LogP contribution in [-0.4, -0.2) is 48.5 Å². The van der Waals surface area contributed by atoms with Crippen molar-refractivity contribution in [1.82, 2.24) is 4.90 Å². The van der Waals surface area contributed by atoms with Crippen molar-refractivity contribution in [3.8, 4) is 0 Å². The molecule has 0 radical (unpaired) electrons. The second kappa shape index (κ2) is 6.37. The molecule has 0 aliphatic carbocycles. The van der Waals surface area contributed by atoms with Gasteiger partial charge in [-0.15, -0.1) is 0 Å². The van der Waals surface area contributed by atoms with Gasteiger partial charge in [0.15, 0.2) is 0 Å².